The van der Waals surface area contributed by atoms with Crippen molar-refractivity contribution in [1.82, 2.24) is 0 Å². The van der Waals surface area contributed by atoms with Crippen LogP contribution in [0.25, 0.3) is 0 Å². The van der Waals surface area contributed by atoms with E-state index in [1.165, 1.54) is 0 Å². The first kappa shape index (κ1) is 8.59. The molecule has 0 aromatic rings. The van der Waals surface area contributed by atoms with Crippen LogP contribution < -0.4 is 5.73 Å². The van der Waals surface area contributed by atoms with Gasteiger partial charge in [-0.3, -0.25) is 4.79 Å². The van der Waals surface area contributed by atoms with Crippen LogP contribution in [0.5, 0.6) is 0 Å². The fraction of sp³-hybridized carbons (Fsp3) is 0.833. The SMILES string of the molecule is NCCCC(=O)CCO. The van der Waals surface area contributed by atoms with Crippen LogP contribution in [0.15, 0.2) is 0 Å². The molecule has 0 saturated carbocycles. The minimum absolute atomic E-state index is 0.0383. The molecular formula is C6H13NO2. The van der Waals surface area contributed by atoms with E-state index in [0.29, 0.717) is 13.0 Å². The smallest absolute Gasteiger partial charge is 0.135 e. The summed E-state index contributed by atoms with van der Waals surface area (Å²) in [5, 5.41) is 8.28. The van der Waals surface area contributed by atoms with Crippen molar-refractivity contribution in [2.45, 2.75) is 19.3 Å². The Morgan fingerprint density at radius 2 is 2.11 bits per heavy atom. The number of Topliss-reactive ketones (excluding diaryl/α,β-unsaturated/α-hetero) is 1. The first-order chi connectivity index (χ1) is 4.31. The molecule has 0 aliphatic heterocycles. The number of aliphatic hydroxyl groups excluding tert-OH is 1. The predicted molar refractivity (Wildman–Crippen MR) is 35.0 cm³/mol. The van der Waals surface area contributed by atoms with Crippen LogP contribution in [0.1, 0.15) is 19.3 Å². The van der Waals surface area contributed by atoms with Crippen molar-refractivity contribution in [2.24, 2.45) is 5.73 Å². The van der Waals surface area contributed by atoms with Gasteiger partial charge < -0.3 is 10.8 Å². The summed E-state index contributed by atoms with van der Waals surface area (Å²) in [7, 11) is 0. The van der Waals surface area contributed by atoms with Gasteiger partial charge in [0.2, 0.25) is 0 Å². The number of hydrogen-bond donors (Lipinski definition) is 2. The lowest BCUT2D eigenvalue weighted by Crippen LogP contribution is -2.05. The molecular weight excluding hydrogens is 118 g/mol. The third-order valence-electron chi connectivity index (χ3n) is 1.05. The average Bonchev–Trinajstić information content (AvgIpc) is 1.85. The zero-order valence-corrected chi connectivity index (χ0v) is 5.47. The first-order valence-corrected chi connectivity index (χ1v) is 3.14. The van der Waals surface area contributed by atoms with Crippen molar-refractivity contribution in [3.05, 3.63) is 0 Å². The van der Waals surface area contributed by atoms with E-state index in [1.807, 2.05) is 0 Å². The highest BCUT2D eigenvalue weighted by atomic mass is 16.3. The largest absolute Gasteiger partial charge is 0.396 e. The monoisotopic (exact) mass is 131 g/mol. The molecule has 0 saturated heterocycles. The maximum Gasteiger partial charge on any atom is 0.135 e. The molecule has 0 aromatic heterocycles. The minimum Gasteiger partial charge on any atom is -0.396 e. The molecule has 0 aliphatic rings. The summed E-state index contributed by atoms with van der Waals surface area (Å²) < 4.78 is 0. The van der Waals surface area contributed by atoms with Crippen LogP contribution in [-0.2, 0) is 4.79 Å². The molecule has 0 radical (unpaired) electrons. The van der Waals surface area contributed by atoms with Crippen LogP contribution in [0.4, 0.5) is 0 Å². The Hall–Kier alpha value is -0.410. The summed E-state index contributed by atoms with van der Waals surface area (Å²) in [6.45, 7) is 0.514. The summed E-state index contributed by atoms with van der Waals surface area (Å²) in [6.07, 6.45) is 1.52. The Balaban J connectivity index is 3.06. The van der Waals surface area contributed by atoms with E-state index < -0.39 is 0 Å². The van der Waals surface area contributed by atoms with Crippen molar-refractivity contribution < 1.29 is 9.90 Å². The van der Waals surface area contributed by atoms with Gasteiger partial charge in [0, 0.05) is 19.4 Å². The summed E-state index contributed by atoms with van der Waals surface area (Å²) in [6, 6.07) is 0. The summed E-state index contributed by atoms with van der Waals surface area (Å²) in [5.41, 5.74) is 5.16. The zero-order chi connectivity index (χ0) is 7.11. The van der Waals surface area contributed by atoms with Crippen LogP contribution in [0, 0.1) is 0 Å². The number of carbonyl (C=O) groups is 1. The molecule has 3 nitrogen and oxygen atoms in total. The maximum absolute atomic E-state index is 10.6. The maximum atomic E-state index is 10.6. The Morgan fingerprint density at radius 3 is 2.56 bits per heavy atom. The van der Waals surface area contributed by atoms with Gasteiger partial charge >= 0.3 is 0 Å². The molecule has 0 aliphatic carbocycles. The molecule has 54 valence electrons. The van der Waals surface area contributed by atoms with Crippen molar-refractivity contribution >= 4 is 5.78 Å². The lowest BCUT2D eigenvalue weighted by atomic mass is 10.2. The van der Waals surface area contributed by atoms with Crippen LogP contribution in [0.2, 0.25) is 0 Å². The summed E-state index contributed by atoms with van der Waals surface area (Å²) in [4.78, 5) is 10.6. The van der Waals surface area contributed by atoms with Crippen molar-refractivity contribution in [3.8, 4) is 0 Å². The molecule has 3 heteroatoms. The summed E-state index contributed by atoms with van der Waals surface area (Å²) >= 11 is 0. The Kier molecular flexibility index (Phi) is 5.46. The Labute approximate surface area is 54.9 Å². The number of carbonyl (C=O) groups excluding carboxylic acids is 1. The highest BCUT2D eigenvalue weighted by Gasteiger charge is 1.97. The van der Waals surface area contributed by atoms with E-state index >= 15 is 0 Å². The molecule has 0 bridgehead atoms. The summed E-state index contributed by atoms with van der Waals surface area (Å²) in [5.74, 6) is 0.1000. The second-order valence-electron chi connectivity index (χ2n) is 1.90. The van der Waals surface area contributed by atoms with Crippen molar-refractivity contribution in [1.29, 1.82) is 0 Å². The standard InChI is InChI=1S/C6H13NO2/c7-4-1-2-6(9)3-5-8/h8H,1-5,7H2. The number of nitrogens with two attached hydrogens (primary N) is 1. The third kappa shape index (κ3) is 5.46. The molecule has 0 atom stereocenters. The van der Waals surface area contributed by atoms with Crippen LogP contribution in [0.3, 0.4) is 0 Å². The van der Waals surface area contributed by atoms with Crippen LogP contribution >= 0.6 is 0 Å². The zero-order valence-electron chi connectivity index (χ0n) is 5.47. The normalized spacial score (nSPS) is 9.56. The van der Waals surface area contributed by atoms with Gasteiger partial charge in [-0.05, 0) is 13.0 Å². The second-order valence-corrected chi connectivity index (χ2v) is 1.90. The molecule has 0 aromatic carbocycles. The topological polar surface area (TPSA) is 63.3 Å². The number of ketones is 1. The van der Waals surface area contributed by atoms with Gasteiger partial charge in [0.25, 0.3) is 0 Å². The van der Waals surface area contributed by atoms with E-state index in [1.54, 1.807) is 0 Å². The van der Waals surface area contributed by atoms with E-state index in [9.17, 15) is 4.79 Å². The lowest BCUT2D eigenvalue weighted by molar-refractivity contribution is -0.119. The van der Waals surface area contributed by atoms with Gasteiger partial charge in [-0.15, -0.1) is 0 Å². The molecule has 0 spiro atoms. The molecule has 0 fully saturated rings. The molecule has 9 heavy (non-hydrogen) atoms. The quantitative estimate of drug-likeness (QED) is 0.537. The Morgan fingerprint density at radius 1 is 1.44 bits per heavy atom. The van der Waals surface area contributed by atoms with E-state index in [0.717, 1.165) is 6.42 Å². The lowest BCUT2D eigenvalue weighted by Gasteiger charge is -1.93. The van der Waals surface area contributed by atoms with Crippen molar-refractivity contribution in [3.63, 3.8) is 0 Å². The van der Waals surface area contributed by atoms with Gasteiger partial charge in [0.15, 0.2) is 0 Å². The predicted octanol–water partition coefficient (Wildman–Crippen LogP) is -0.323. The molecule has 0 unspecified atom stereocenters. The van der Waals surface area contributed by atoms with E-state index in [2.05, 4.69) is 0 Å². The molecule has 3 N–H and O–H groups in total. The van der Waals surface area contributed by atoms with Gasteiger partial charge in [-0.25, -0.2) is 0 Å². The molecule has 0 amide bonds. The van der Waals surface area contributed by atoms with E-state index in [-0.39, 0.29) is 18.8 Å². The average molecular weight is 131 g/mol. The Bertz CT molecular complexity index is 83.1. The minimum atomic E-state index is -0.0383. The fourth-order valence-electron chi connectivity index (χ4n) is 0.549. The second kappa shape index (κ2) is 5.72. The van der Waals surface area contributed by atoms with Crippen LogP contribution in [-0.4, -0.2) is 24.0 Å². The molecule has 0 rings (SSSR count). The fourth-order valence-corrected chi connectivity index (χ4v) is 0.549. The van der Waals surface area contributed by atoms with Gasteiger partial charge in [-0.2, -0.15) is 0 Å². The third-order valence-corrected chi connectivity index (χ3v) is 1.05. The number of hydrogen-bond acceptors (Lipinski definition) is 3. The van der Waals surface area contributed by atoms with Crippen molar-refractivity contribution in [2.75, 3.05) is 13.2 Å². The molecule has 0 heterocycles. The highest BCUT2D eigenvalue weighted by Crippen LogP contribution is 1.91. The van der Waals surface area contributed by atoms with Gasteiger partial charge in [0.05, 0.1) is 0 Å². The van der Waals surface area contributed by atoms with Gasteiger partial charge in [-0.1, -0.05) is 0 Å². The highest BCUT2D eigenvalue weighted by molar-refractivity contribution is 5.78. The number of aliphatic hydroxyl groups is 1. The van der Waals surface area contributed by atoms with E-state index in [4.69, 9.17) is 10.8 Å². The first-order valence-electron chi connectivity index (χ1n) is 3.14. The van der Waals surface area contributed by atoms with Gasteiger partial charge in [0.1, 0.15) is 5.78 Å². The number of rotatable bonds is 5.